The smallest absolute Gasteiger partial charge is 0.205 e. The molecule has 0 saturated heterocycles. The minimum Gasteiger partial charge on any atom is -0.390 e. The van der Waals surface area contributed by atoms with Gasteiger partial charge in [0.1, 0.15) is 0 Å². The second-order valence-corrected chi connectivity index (χ2v) is 4.35. The van der Waals surface area contributed by atoms with Gasteiger partial charge in [-0.2, -0.15) is 0 Å². The first kappa shape index (κ1) is 12.7. The van der Waals surface area contributed by atoms with Crippen LogP contribution < -0.4 is 10.6 Å². The molecule has 1 aromatic rings. The average molecular weight is 264 g/mol. The van der Waals surface area contributed by atoms with Crippen molar-refractivity contribution >= 4 is 23.2 Å². The van der Waals surface area contributed by atoms with Crippen LogP contribution in [0.3, 0.4) is 0 Å². The Hall–Kier alpha value is -1.78. The number of aliphatic hydroxyl groups excluding tert-OH is 1. The fourth-order valence-electron chi connectivity index (χ4n) is 1.60. The van der Waals surface area contributed by atoms with Gasteiger partial charge in [-0.1, -0.05) is 24.2 Å². The van der Waals surface area contributed by atoms with Gasteiger partial charge >= 0.3 is 0 Å². The van der Waals surface area contributed by atoms with Crippen LogP contribution in [0.2, 0.25) is 5.02 Å². The molecule has 0 amide bonds. The number of aliphatic imine (C=N–C) groups is 1. The summed E-state index contributed by atoms with van der Waals surface area (Å²) in [6.07, 6.45) is 1.73. The normalized spacial score (nSPS) is 17.2. The Labute approximate surface area is 111 Å². The van der Waals surface area contributed by atoms with Gasteiger partial charge in [-0.05, 0) is 30.7 Å². The quantitative estimate of drug-likeness (QED) is 0.767. The zero-order valence-electron chi connectivity index (χ0n) is 10.00. The van der Waals surface area contributed by atoms with Crippen LogP contribution in [0.5, 0.6) is 0 Å². The zero-order valence-corrected chi connectivity index (χ0v) is 10.8. The molecule has 5 heteroatoms. The summed E-state index contributed by atoms with van der Waals surface area (Å²) in [7, 11) is 0. The van der Waals surface area contributed by atoms with Crippen LogP contribution in [-0.4, -0.2) is 17.7 Å². The summed E-state index contributed by atoms with van der Waals surface area (Å²) in [5.41, 5.74) is 3.00. The zero-order chi connectivity index (χ0) is 13.1. The van der Waals surface area contributed by atoms with Crippen molar-refractivity contribution in [2.75, 3.05) is 6.61 Å². The second kappa shape index (κ2) is 5.25. The Bertz CT molecular complexity index is 549. The first-order valence-electron chi connectivity index (χ1n) is 5.48. The molecule has 4 nitrogen and oxygen atoms in total. The van der Waals surface area contributed by atoms with Gasteiger partial charge < -0.3 is 15.7 Å². The van der Waals surface area contributed by atoms with E-state index in [1.165, 1.54) is 0 Å². The number of halogens is 1. The van der Waals surface area contributed by atoms with Crippen molar-refractivity contribution in [3.8, 4) is 0 Å². The van der Waals surface area contributed by atoms with Crippen molar-refractivity contribution in [3.63, 3.8) is 0 Å². The Morgan fingerprint density at radius 2 is 2.17 bits per heavy atom. The molecule has 0 fully saturated rings. The number of aliphatic hydroxyl groups is 1. The molecular weight excluding hydrogens is 250 g/mol. The van der Waals surface area contributed by atoms with Gasteiger partial charge in [0, 0.05) is 16.4 Å². The molecule has 0 unspecified atom stereocenters. The van der Waals surface area contributed by atoms with Crippen LogP contribution in [0.25, 0.3) is 0 Å². The molecule has 1 aliphatic heterocycles. The molecule has 0 spiro atoms. The van der Waals surface area contributed by atoms with Crippen LogP contribution in [0.15, 0.2) is 47.2 Å². The highest BCUT2D eigenvalue weighted by atomic mass is 35.5. The number of benzene rings is 1. The third kappa shape index (κ3) is 2.72. The number of allylic oxidation sites excluding steroid dienone is 1. The first-order valence-corrected chi connectivity index (χ1v) is 5.86. The third-order valence-electron chi connectivity index (χ3n) is 2.55. The van der Waals surface area contributed by atoms with E-state index in [1.807, 2.05) is 25.1 Å². The Kier molecular flexibility index (Phi) is 3.69. The van der Waals surface area contributed by atoms with Gasteiger partial charge in [0.05, 0.1) is 12.3 Å². The topological polar surface area (TPSA) is 56.6 Å². The molecule has 0 atom stereocenters. The van der Waals surface area contributed by atoms with Crippen molar-refractivity contribution in [2.24, 2.45) is 4.99 Å². The summed E-state index contributed by atoms with van der Waals surface area (Å²) in [4.78, 5) is 4.42. The summed E-state index contributed by atoms with van der Waals surface area (Å²) in [5, 5.41) is 15.8. The van der Waals surface area contributed by atoms with Crippen LogP contribution in [0, 0.1) is 6.92 Å². The first-order chi connectivity index (χ1) is 8.60. The van der Waals surface area contributed by atoms with Crippen molar-refractivity contribution in [1.82, 2.24) is 10.6 Å². The summed E-state index contributed by atoms with van der Waals surface area (Å²) in [5.74, 6) is 0.525. The second-order valence-electron chi connectivity index (χ2n) is 3.95. The van der Waals surface area contributed by atoms with Gasteiger partial charge in [0.25, 0.3) is 0 Å². The lowest BCUT2D eigenvalue weighted by Crippen LogP contribution is -2.40. The van der Waals surface area contributed by atoms with E-state index >= 15 is 0 Å². The standard InChI is InChI=1S/C13H14ClN3O/c1-8-6-10(7-18)16-13(15-8)17-12-5-3-4-11(14)9(12)2/h3-6,18H,1,7H2,2H3,(H2,15,16,17). The fraction of sp³-hybridized carbons (Fsp3) is 0.154. The molecule has 3 N–H and O–H groups in total. The number of nitrogens with zero attached hydrogens (tertiary/aromatic N) is 1. The Morgan fingerprint density at radius 1 is 1.39 bits per heavy atom. The molecule has 2 rings (SSSR count). The van der Waals surface area contributed by atoms with E-state index in [4.69, 9.17) is 16.7 Å². The lowest BCUT2D eigenvalue weighted by atomic mass is 10.2. The van der Waals surface area contributed by atoms with Crippen molar-refractivity contribution < 1.29 is 5.11 Å². The van der Waals surface area contributed by atoms with Gasteiger partial charge in [0.15, 0.2) is 0 Å². The van der Waals surface area contributed by atoms with Gasteiger partial charge in [-0.25, -0.2) is 4.99 Å². The van der Waals surface area contributed by atoms with E-state index < -0.39 is 0 Å². The van der Waals surface area contributed by atoms with E-state index in [-0.39, 0.29) is 6.61 Å². The Morgan fingerprint density at radius 3 is 2.89 bits per heavy atom. The predicted octanol–water partition coefficient (Wildman–Crippen LogP) is 2.22. The van der Waals surface area contributed by atoms with E-state index in [9.17, 15) is 0 Å². The van der Waals surface area contributed by atoms with E-state index in [0.29, 0.717) is 22.4 Å². The fourth-order valence-corrected chi connectivity index (χ4v) is 1.77. The average Bonchev–Trinajstić information content (AvgIpc) is 2.34. The van der Waals surface area contributed by atoms with Crippen LogP contribution in [0.1, 0.15) is 5.56 Å². The molecule has 1 aromatic carbocycles. The maximum Gasteiger partial charge on any atom is 0.205 e. The summed E-state index contributed by atoms with van der Waals surface area (Å²) in [6, 6.07) is 5.53. The number of rotatable bonds is 2. The molecule has 1 aliphatic rings. The van der Waals surface area contributed by atoms with Crippen molar-refractivity contribution in [2.45, 2.75) is 6.92 Å². The monoisotopic (exact) mass is 263 g/mol. The minimum atomic E-state index is -0.0890. The molecule has 0 radical (unpaired) electrons. The molecular formula is C13H14ClN3O. The molecule has 0 bridgehead atoms. The lowest BCUT2D eigenvalue weighted by molar-refractivity contribution is 0.325. The molecule has 0 saturated carbocycles. The van der Waals surface area contributed by atoms with Crippen LogP contribution in [-0.2, 0) is 0 Å². The number of hydrogen-bond acceptors (Lipinski definition) is 2. The van der Waals surface area contributed by atoms with Crippen molar-refractivity contribution in [1.29, 1.82) is 0 Å². The molecule has 0 aliphatic carbocycles. The van der Waals surface area contributed by atoms with E-state index in [0.717, 1.165) is 11.3 Å². The highest BCUT2D eigenvalue weighted by Crippen LogP contribution is 2.25. The van der Waals surface area contributed by atoms with E-state index in [1.54, 1.807) is 6.08 Å². The Balaban J connectivity index is 2.32. The third-order valence-corrected chi connectivity index (χ3v) is 2.96. The van der Waals surface area contributed by atoms with E-state index in [2.05, 4.69) is 22.2 Å². The number of guanidine groups is 1. The molecule has 18 heavy (non-hydrogen) atoms. The van der Waals surface area contributed by atoms with Crippen LogP contribution in [0.4, 0.5) is 5.69 Å². The van der Waals surface area contributed by atoms with Gasteiger partial charge in [-0.3, -0.25) is 0 Å². The van der Waals surface area contributed by atoms with Crippen molar-refractivity contribution in [3.05, 3.63) is 52.8 Å². The summed E-state index contributed by atoms with van der Waals surface area (Å²) in [6.45, 7) is 5.61. The van der Waals surface area contributed by atoms with Crippen LogP contribution >= 0.6 is 11.6 Å². The maximum absolute atomic E-state index is 9.12. The predicted molar refractivity (Wildman–Crippen MR) is 73.9 cm³/mol. The summed E-state index contributed by atoms with van der Waals surface area (Å²) >= 11 is 6.04. The number of hydrogen-bond donors (Lipinski definition) is 3. The lowest BCUT2D eigenvalue weighted by Gasteiger charge is -2.19. The SMILES string of the molecule is C=C1C=C(CO)NC(=Nc2cccc(Cl)c2C)N1. The molecule has 1 heterocycles. The van der Waals surface area contributed by atoms with Gasteiger partial charge in [-0.15, -0.1) is 0 Å². The highest BCUT2D eigenvalue weighted by molar-refractivity contribution is 6.31. The van der Waals surface area contributed by atoms with Gasteiger partial charge in [0.2, 0.25) is 5.96 Å². The maximum atomic E-state index is 9.12. The molecule has 0 aromatic heterocycles. The number of nitrogens with one attached hydrogen (secondary N) is 2. The summed E-state index contributed by atoms with van der Waals surface area (Å²) < 4.78 is 0. The minimum absolute atomic E-state index is 0.0890. The largest absolute Gasteiger partial charge is 0.390 e. The highest BCUT2D eigenvalue weighted by Gasteiger charge is 2.10. The molecule has 94 valence electrons.